The third kappa shape index (κ3) is 4.95. The fourth-order valence-electron chi connectivity index (χ4n) is 2.15. The van der Waals surface area contributed by atoms with Crippen molar-refractivity contribution in [1.82, 2.24) is 10.5 Å². The Bertz CT molecular complexity index is 760. The highest BCUT2D eigenvalue weighted by Crippen LogP contribution is 2.18. The maximum atomic E-state index is 12.1. The van der Waals surface area contributed by atoms with Gasteiger partial charge in [-0.2, -0.15) is 0 Å². The van der Waals surface area contributed by atoms with Crippen LogP contribution in [0.1, 0.15) is 34.3 Å². The smallest absolute Gasteiger partial charge is 0.338 e. The Morgan fingerprint density at radius 3 is 2.58 bits per heavy atom. The second-order valence-electron chi connectivity index (χ2n) is 5.70. The Hall–Kier alpha value is -3.09. The van der Waals surface area contributed by atoms with Crippen LogP contribution in [0.5, 0.6) is 5.75 Å². The van der Waals surface area contributed by atoms with E-state index in [-0.39, 0.29) is 5.91 Å². The molecule has 138 valence electrons. The van der Waals surface area contributed by atoms with Crippen LogP contribution in [-0.2, 0) is 16.1 Å². The first kappa shape index (κ1) is 19.2. The molecule has 1 N–H and O–H groups in total. The Labute approximate surface area is 152 Å². The number of aryl methyl sites for hydroxylation is 2. The Morgan fingerprint density at radius 2 is 2.00 bits per heavy atom. The number of nitrogens with zero attached hydrogens (tertiary/aromatic N) is 1. The van der Waals surface area contributed by atoms with Crippen molar-refractivity contribution >= 4 is 11.9 Å². The molecule has 0 aliphatic heterocycles. The topological polar surface area (TPSA) is 90.7 Å². The van der Waals surface area contributed by atoms with Crippen molar-refractivity contribution in [1.29, 1.82) is 0 Å². The van der Waals surface area contributed by atoms with Crippen LogP contribution in [0.3, 0.4) is 0 Å². The highest BCUT2D eigenvalue weighted by Gasteiger charge is 2.18. The van der Waals surface area contributed by atoms with Gasteiger partial charge >= 0.3 is 5.97 Å². The summed E-state index contributed by atoms with van der Waals surface area (Å²) in [5.74, 6) is 0.353. The minimum atomic E-state index is -0.891. The summed E-state index contributed by atoms with van der Waals surface area (Å²) in [7, 11) is 0. The molecule has 0 saturated heterocycles. The number of nitrogens with one attached hydrogen (secondary N) is 1. The summed E-state index contributed by atoms with van der Waals surface area (Å²) in [6.07, 6.45) is 0.659. The van der Waals surface area contributed by atoms with Crippen molar-refractivity contribution in [3.63, 3.8) is 0 Å². The molecule has 26 heavy (non-hydrogen) atoms. The van der Waals surface area contributed by atoms with E-state index in [9.17, 15) is 9.59 Å². The summed E-state index contributed by atoms with van der Waals surface area (Å²) in [6, 6.07) is 6.49. The molecule has 0 bridgehead atoms. The number of carbonyl (C=O) groups excluding carboxylic acids is 2. The quantitative estimate of drug-likeness (QED) is 0.576. The predicted molar refractivity (Wildman–Crippen MR) is 94.8 cm³/mol. The molecule has 1 amide bonds. The SMILES string of the molecule is C=CCNC(=O)[C@@H](C)OC(=O)c1ccc(OCc2c(C)noc2C)cc1. The molecular weight excluding hydrogens is 336 g/mol. The van der Waals surface area contributed by atoms with Crippen molar-refractivity contribution in [2.45, 2.75) is 33.5 Å². The van der Waals surface area contributed by atoms with E-state index in [0.717, 1.165) is 11.3 Å². The maximum Gasteiger partial charge on any atom is 0.338 e. The number of amides is 1. The molecule has 7 heteroatoms. The second-order valence-corrected chi connectivity index (χ2v) is 5.70. The number of ether oxygens (including phenoxy) is 2. The lowest BCUT2D eigenvalue weighted by Crippen LogP contribution is -2.35. The zero-order chi connectivity index (χ0) is 19.1. The molecule has 1 atom stereocenters. The maximum absolute atomic E-state index is 12.1. The molecule has 0 fully saturated rings. The normalized spacial score (nSPS) is 11.5. The lowest BCUT2D eigenvalue weighted by atomic mass is 10.2. The average molecular weight is 358 g/mol. The summed E-state index contributed by atoms with van der Waals surface area (Å²) in [4.78, 5) is 23.8. The van der Waals surface area contributed by atoms with Gasteiger partial charge in [-0.1, -0.05) is 11.2 Å². The first-order valence-corrected chi connectivity index (χ1v) is 8.16. The van der Waals surface area contributed by atoms with E-state index < -0.39 is 12.1 Å². The van der Waals surface area contributed by atoms with E-state index in [2.05, 4.69) is 17.1 Å². The van der Waals surface area contributed by atoms with E-state index in [1.807, 2.05) is 13.8 Å². The fraction of sp³-hybridized carbons (Fsp3) is 0.316. The molecular formula is C19H22N2O5. The van der Waals surface area contributed by atoms with E-state index >= 15 is 0 Å². The molecule has 2 rings (SSSR count). The van der Waals surface area contributed by atoms with Gasteiger partial charge in [-0.15, -0.1) is 6.58 Å². The highest BCUT2D eigenvalue weighted by atomic mass is 16.5. The number of aromatic nitrogens is 1. The number of rotatable bonds is 8. The van der Waals surface area contributed by atoms with Gasteiger partial charge in [0, 0.05) is 6.54 Å². The summed E-state index contributed by atoms with van der Waals surface area (Å²) in [5.41, 5.74) is 2.01. The van der Waals surface area contributed by atoms with E-state index in [1.54, 1.807) is 30.3 Å². The first-order valence-electron chi connectivity index (χ1n) is 8.16. The summed E-state index contributed by atoms with van der Waals surface area (Å²) >= 11 is 0. The Morgan fingerprint density at radius 1 is 1.31 bits per heavy atom. The third-order valence-corrected chi connectivity index (χ3v) is 3.73. The van der Waals surface area contributed by atoms with Crippen LogP contribution >= 0.6 is 0 Å². The molecule has 0 spiro atoms. The molecule has 1 aromatic carbocycles. The van der Waals surface area contributed by atoms with Gasteiger partial charge in [0.15, 0.2) is 6.10 Å². The van der Waals surface area contributed by atoms with Crippen LogP contribution in [0.2, 0.25) is 0 Å². The largest absolute Gasteiger partial charge is 0.489 e. The fourth-order valence-corrected chi connectivity index (χ4v) is 2.15. The van der Waals surface area contributed by atoms with E-state index in [1.165, 1.54) is 6.92 Å². The van der Waals surface area contributed by atoms with Gasteiger partial charge in [0.25, 0.3) is 5.91 Å². The molecule has 0 aliphatic carbocycles. The van der Waals surface area contributed by atoms with E-state index in [0.29, 0.717) is 30.2 Å². The molecule has 2 aromatic rings. The molecule has 0 aliphatic rings. The summed E-state index contributed by atoms with van der Waals surface area (Å²) < 4.78 is 15.9. The van der Waals surface area contributed by atoms with Crippen molar-refractivity contribution in [3.8, 4) is 5.75 Å². The van der Waals surface area contributed by atoms with Crippen LogP contribution in [-0.4, -0.2) is 29.7 Å². The summed E-state index contributed by atoms with van der Waals surface area (Å²) in [5, 5.41) is 6.44. The predicted octanol–water partition coefficient (Wildman–Crippen LogP) is 2.72. The van der Waals surface area contributed by atoms with Crippen LogP contribution in [0, 0.1) is 13.8 Å². The Balaban J connectivity index is 1.90. The third-order valence-electron chi connectivity index (χ3n) is 3.73. The molecule has 1 heterocycles. The highest BCUT2D eigenvalue weighted by molar-refractivity contribution is 5.92. The second kappa shape index (κ2) is 8.84. The van der Waals surface area contributed by atoms with Crippen LogP contribution < -0.4 is 10.1 Å². The molecule has 0 unspecified atom stereocenters. The van der Waals surface area contributed by atoms with Gasteiger partial charge in [-0.05, 0) is 45.0 Å². The van der Waals surface area contributed by atoms with Crippen LogP contribution in [0.25, 0.3) is 0 Å². The minimum Gasteiger partial charge on any atom is -0.489 e. The minimum absolute atomic E-state index is 0.317. The molecule has 0 radical (unpaired) electrons. The van der Waals surface area contributed by atoms with Crippen molar-refractivity contribution in [2.75, 3.05) is 6.54 Å². The lowest BCUT2D eigenvalue weighted by Gasteiger charge is -2.13. The van der Waals surface area contributed by atoms with Crippen molar-refractivity contribution in [2.24, 2.45) is 0 Å². The van der Waals surface area contributed by atoms with Gasteiger partial charge in [-0.25, -0.2) is 4.79 Å². The monoisotopic (exact) mass is 358 g/mol. The van der Waals surface area contributed by atoms with Gasteiger partial charge in [0.05, 0.1) is 16.8 Å². The van der Waals surface area contributed by atoms with Crippen LogP contribution in [0.15, 0.2) is 41.4 Å². The van der Waals surface area contributed by atoms with Gasteiger partial charge in [0.2, 0.25) is 0 Å². The van der Waals surface area contributed by atoms with Gasteiger partial charge in [-0.3, -0.25) is 4.79 Å². The number of hydrogen-bond acceptors (Lipinski definition) is 6. The number of carbonyl (C=O) groups is 2. The van der Waals surface area contributed by atoms with Gasteiger partial charge in [0.1, 0.15) is 18.1 Å². The first-order chi connectivity index (χ1) is 12.4. The lowest BCUT2D eigenvalue weighted by molar-refractivity contribution is -0.128. The number of esters is 1. The molecule has 1 aromatic heterocycles. The van der Waals surface area contributed by atoms with Crippen LogP contribution in [0.4, 0.5) is 0 Å². The van der Waals surface area contributed by atoms with Gasteiger partial charge < -0.3 is 19.3 Å². The zero-order valence-electron chi connectivity index (χ0n) is 15.1. The standard InChI is InChI=1S/C19H22N2O5/c1-5-10-20-18(22)14(4)25-19(23)15-6-8-16(9-7-15)24-11-17-12(2)21-26-13(17)3/h5-9,14H,1,10-11H2,2-4H3,(H,20,22)/t14-/m1/s1. The summed E-state index contributed by atoms with van der Waals surface area (Å²) in [6.45, 7) is 9.33. The number of benzene rings is 1. The zero-order valence-corrected chi connectivity index (χ0v) is 15.1. The number of hydrogen-bond donors (Lipinski definition) is 1. The molecule has 7 nitrogen and oxygen atoms in total. The molecule has 0 saturated carbocycles. The Kier molecular flexibility index (Phi) is 6.54. The van der Waals surface area contributed by atoms with Crippen molar-refractivity contribution < 1.29 is 23.6 Å². The van der Waals surface area contributed by atoms with E-state index in [4.69, 9.17) is 14.0 Å². The average Bonchev–Trinajstić information content (AvgIpc) is 2.96. The van der Waals surface area contributed by atoms with Crippen molar-refractivity contribution in [3.05, 3.63) is 59.5 Å².